The highest BCUT2D eigenvalue weighted by Gasteiger charge is 2.25. The molecule has 0 saturated carbocycles. The number of anilines is 1. The lowest BCUT2D eigenvalue weighted by Gasteiger charge is -2.31. The maximum Gasteiger partial charge on any atom is 0.145 e. The minimum absolute atomic E-state index is 0.0985. The summed E-state index contributed by atoms with van der Waals surface area (Å²) in [7, 11) is 0. The normalized spacial score (nSPS) is 11.7. The number of aromatic nitrogens is 2. The van der Waals surface area contributed by atoms with Gasteiger partial charge in [0.1, 0.15) is 5.82 Å². The van der Waals surface area contributed by atoms with E-state index in [4.69, 9.17) is 11.6 Å². The van der Waals surface area contributed by atoms with Crippen molar-refractivity contribution >= 4 is 28.5 Å². The molecule has 96 valence electrons. The van der Waals surface area contributed by atoms with Gasteiger partial charge in [0.05, 0.1) is 22.8 Å². The van der Waals surface area contributed by atoms with Crippen molar-refractivity contribution in [3.05, 3.63) is 30.5 Å². The number of para-hydroxylation sites is 2. The van der Waals surface area contributed by atoms with Crippen molar-refractivity contribution in [2.24, 2.45) is 0 Å². The topological polar surface area (TPSA) is 37.8 Å². The van der Waals surface area contributed by atoms with Gasteiger partial charge in [0, 0.05) is 5.88 Å². The van der Waals surface area contributed by atoms with Crippen LogP contribution >= 0.6 is 11.6 Å². The van der Waals surface area contributed by atoms with Gasteiger partial charge in [-0.3, -0.25) is 4.98 Å². The summed E-state index contributed by atoms with van der Waals surface area (Å²) in [4.78, 5) is 8.97. The molecule has 4 heteroatoms. The molecule has 0 bridgehead atoms. The molecule has 2 aromatic rings. The fourth-order valence-corrected chi connectivity index (χ4v) is 2.38. The lowest BCUT2D eigenvalue weighted by Crippen LogP contribution is -2.39. The van der Waals surface area contributed by atoms with Crippen LogP contribution in [0, 0.1) is 0 Å². The van der Waals surface area contributed by atoms with Gasteiger partial charge in [-0.15, -0.1) is 11.6 Å². The van der Waals surface area contributed by atoms with Crippen LogP contribution in [0.25, 0.3) is 11.0 Å². The van der Waals surface area contributed by atoms with E-state index in [0.29, 0.717) is 5.88 Å². The molecule has 0 spiro atoms. The van der Waals surface area contributed by atoms with Crippen LogP contribution in [-0.2, 0) is 0 Å². The minimum Gasteiger partial charge on any atom is -0.362 e. The predicted molar refractivity (Wildman–Crippen MR) is 77.2 cm³/mol. The number of hydrogen-bond acceptors (Lipinski definition) is 3. The first kappa shape index (κ1) is 13.1. The van der Waals surface area contributed by atoms with Gasteiger partial charge in [-0.1, -0.05) is 26.0 Å². The zero-order chi connectivity index (χ0) is 13.0. The Kier molecular flexibility index (Phi) is 4.02. The van der Waals surface area contributed by atoms with Crippen LogP contribution in [0.15, 0.2) is 30.5 Å². The van der Waals surface area contributed by atoms with Gasteiger partial charge in [-0.2, -0.15) is 0 Å². The highest BCUT2D eigenvalue weighted by Crippen LogP contribution is 2.23. The fraction of sp³-hybridized carbons (Fsp3) is 0.429. The maximum atomic E-state index is 6.08. The van der Waals surface area contributed by atoms with Gasteiger partial charge in [0.15, 0.2) is 0 Å². The Balaban J connectivity index is 2.31. The standard InChI is InChI=1S/C14H18ClN3/c1-3-14(4-2,10-15)18-13-9-16-11-7-5-6-8-12(11)17-13/h5-9H,3-4,10H2,1-2H3,(H,17,18). The molecule has 0 amide bonds. The molecule has 0 saturated heterocycles. The van der Waals surface area contributed by atoms with Crippen LogP contribution in [0.4, 0.5) is 5.82 Å². The summed E-state index contributed by atoms with van der Waals surface area (Å²) >= 11 is 6.08. The Bertz CT molecular complexity index is 515. The first-order valence-electron chi connectivity index (χ1n) is 6.29. The smallest absolute Gasteiger partial charge is 0.145 e. The van der Waals surface area contributed by atoms with E-state index in [1.165, 1.54) is 0 Å². The SMILES string of the molecule is CCC(CC)(CCl)Nc1cnc2ccccc2n1. The van der Waals surface area contributed by atoms with Crippen LogP contribution < -0.4 is 5.32 Å². The van der Waals surface area contributed by atoms with Crippen molar-refractivity contribution in [1.82, 2.24) is 9.97 Å². The molecule has 3 nitrogen and oxygen atoms in total. The summed E-state index contributed by atoms with van der Waals surface area (Å²) in [6.07, 6.45) is 3.69. The predicted octanol–water partition coefficient (Wildman–Crippen LogP) is 3.84. The van der Waals surface area contributed by atoms with Crippen molar-refractivity contribution in [3.63, 3.8) is 0 Å². The molecule has 0 atom stereocenters. The summed E-state index contributed by atoms with van der Waals surface area (Å²) in [5.74, 6) is 1.35. The van der Waals surface area contributed by atoms with Crippen LogP contribution in [0.3, 0.4) is 0 Å². The molecule has 0 unspecified atom stereocenters. The van der Waals surface area contributed by atoms with Crippen molar-refractivity contribution in [2.75, 3.05) is 11.2 Å². The van der Waals surface area contributed by atoms with Gasteiger partial charge in [0.25, 0.3) is 0 Å². The molecule has 2 rings (SSSR count). The first-order chi connectivity index (χ1) is 8.73. The van der Waals surface area contributed by atoms with Crippen molar-refractivity contribution in [2.45, 2.75) is 32.2 Å². The van der Waals surface area contributed by atoms with Crippen LogP contribution in [0.1, 0.15) is 26.7 Å². The number of rotatable bonds is 5. The zero-order valence-electron chi connectivity index (χ0n) is 10.8. The van der Waals surface area contributed by atoms with Crippen molar-refractivity contribution < 1.29 is 0 Å². The molecule has 0 aliphatic carbocycles. The minimum atomic E-state index is -0.0985. The summed E-state index contributed by atoms with van der Waals surface area (Å²) in [5, 5.41) is 3.43. The average molecular weight is 264 g/mol. The molecule has 1 heterocycles. The Morgan fingerprint density at radius 3 is 2.44 bits per heavy atom. The van der Waals surface area contributed by atoms with E-state index in [-0.39, 0.29) is 5.54 Å². The van der Waals surface area contributed by atoms with Crippen molar-refractivity contribution in [1.29, 1.82) is 0 Å². The van der Waals surface area contributed by atoms with Gasteiger partial charge in [-0.25, -0.2) is 4.98 Å². The average Bonchev–Trinajstić information content (AvgIpc) is 2.45. The molecular formula is C14H18ClN3. The summed E-state index contributed by atoms with van der Waals surface area (Å²) < 4.78 is 0. The second-order valence-electron chi connectivity index (χ2n) is 4.49. The number of alkyl halides is 1. The van der Waals surface area contributed by atoms with E-state index < -0.39 is 0 Å². The van der Waals surface area contributed by atoms with E-state index in [1.807, 2.05) is 24.3 Å². The van der Waals surface area contributed by atoms with Crippen LogP contribution in [0.5, 0.6) is 0 Å². The number of hydrogen-bond donors (Lipinski definition) is 1. The molecule has 1 N–H and O–H groups in total. The fourth-order valence-electron chi connectivity index (χ4n) is 1.94. The van der Waals surface area contributed by atoms with Gasteiger partial charge < -0.3 is 5.32 Å². The maximum absolute atomic E-state index is 6.08. The molecule has 0 aliphatic heterocycles. The Morgan fingerprint density at radius 2 is 1.83 bits per heavy atom. The number of benzene rings is 1. The van der Waals surface area contributed by atoms with Crippen molar-refractivity contribution in [3.8, 4) is 0 Å². The molecule has 1 aromatic carbocycles. The summed E-state index contributed by atoms with van der Waals surface area (Å²) in [5.41, 5.74) is 1.71. The Morgan fingerprint density at radius 1 is 1.17 bits per heavy atom. The third-order valence-corrected chi connectivity index (χ3v) is 3.96. The third-order valence-electron chi connectivity index (χ3n) is 3.45. The van der Waals surface area contributed by atoms with Crippen LogP contribution in [0.2, 0.25) is 0 Å². The highest BCUT2D eigenvalue weighted by atomic mass is 35.5. The van der Waals surface area contributed by atoms with E-state index in [0.717, 1.165) is 29.7 Å². The van der Waals surface area contributed by atoms with Gasteiger partial charge >= 0.3 is 0 Å². The zero-order valence-corrected chi connectivity index (χ0v) is 11.5. The molecular weight excluding hydrogens is 246 g/mol. The monoisotopic (exact) mass is 263 g/mol. The second-order valence-corrected chi connectivity index (χ2v) is 4.76. The molecule has 18 heavy (non-hydrogen) atoms. The molecule has 1 aromatic heterocycles. The molecule has 0 aliphatic rings. The van der Waals surface area contributed by atoms with Gasteiger partial charge in [-0.05, 0) is 25.0 Å². The first-order valence-corrected chi connectivity index (χ1v) is 6.82. The van der Waals surface area contributed by atoms with E-state index in [1.54, 1.807) is 6.20 Å². The number of halogens is 1. The molecule has 0 radical (unpaired) electrons. The van der Waals surface area contributed by atoms with E-state index in [2.05, 4.69) is 29.1 Å². The second kappa shape index (κ2) is 5.53. The highest BCUT2D eigenvalue weighted by molar-refractivity contribution is 6.18. The lowest BCUT2D eigenvalue weighted by atomic mass is 9.95. The van der Waals surface area contributed by atoms with Gasteiger partial charge in [0.2, 0.25) is 0 Å². The largest absolute Gasteiger partial charge is 0.362 e. The summed E-state index contributed by atoms with van der Waals surface area (Å²) in [6, 6.07) is 7.86. The summed E-state index contributed by atoms with van der Waals surface area (Å²) in [6.45, 7) is 4.26. The molecule has 0 fully saturated rings. The quantitative estimate of drug-likeness (QED) is 0.833. The lowest BCUT2D eigenvalue weighted by molar-refractivity contribution is 0.482. The van der Waals surface area contributed by atoms with Crippen LogP contribution in [-0.4, -0.2) is 21.4 Å². The third kappa shape index (κ3) is 2.56. The number of nitrogens with zero attached hydrogens (tertiary/aromatic N) is 2. The number of nitrogens with one attached hydrogen (secondary N) is 1. The van der Waals surface area contributed by atoms with E-state index >= 15 is 0 Å². The number of fused-ring (bicyclic) bond motifs is 1. The van der Waals surface area contributed by atoms with E-state index in [9.17, 15) is 0 Å². The Labute approximate surface area is 113 Å². The Hall–Kier alpha value is -1.35.